The Kier molecular flexibility index (Phi) is 4.44. The van der Waals surface area contributed by atoms with Gasteiger partial charge >= 0.3 is 0 Å². The second kappa shape index (κ2) is 6.90. The number of nitrogens with one attached hydrogen (secondary N) is 1. The van der Waals surface area contributed by atoms with E-state index in [1.165, 1.54) is 38.1 Å². The first-order valence-corrected chi connectivity index (χ1v) is 9.17. The first-order valence-electron chi connectivity index (χ1n) is 9.17. The number of imidazole rings is 1. The highest BCUT2D eigenvalue weighted by atomic mass is 16.6. The summed E-state index contributed by atoms with van der Waals surface area (Å²) in [6, 6.07) is 4.54. The van der Waals surface area contributed by atoms with Crippen LogP contribution in [0.2, 0.25) is 0 Å². The lowest BCUT2D eigenvalue weighted by atomic mass is 9.86. The molecule has 2 aliphatic rings. The Morgan fingerprint density at radius 1 is 1.35 bits per heavy atom. The highest BCUT2D eigenvalue weighted by Crippen LogP contribution is 2.49. The molecule has 2 fully saturated rings. The Labute approximate surface area is 151 Å². The average molecular weight is 354 g/mol. The standard InChI is InChI=1S/C19H22N4O3/c24-19(21-6-5-15-10-13-1-2-14(15)9-13)16-3-4-17(18(11-16)23(25)26)22-8-7-20-12-22/h3-4,7-8,11-15H,1-2,5-6,9-10H2,(H,21,24)/t13-,14-,15+/m0/s1. The summed E-state index contributed by atoms with van der Waals surface area (Å²) in [5, 5.41) is 14.3. The smallest absolute Gasteiger partial charge is 0.294 e. The minimum absolute atomic E-state index is 0.108. The molecule has 2 aromatic rings. The maximum absolute atomic E-state index is 12.4. The van der Waals surface area contributed by atoms with Gasteiger partial charge in [0.05, 0.1) is 11.3 Å². The van der Waals surface area contributed by atoms with Crippen molar-refractivity contribution in [2.75, 3.05) is 6.54 Å². The van der Waals surface area contributed by atoms with Crippen LogP contribution in [0.1, 0.15) is 42.5 Å². The molecule has 1 N–H and O–H groups in total. The second-order valence-corrected chi connectivity index (χ2v) is 7.41. The zero-order valence-corrected chi connectivity index (χ0v) is 14.5. The van der Waals surface area contributed by atoms with E-state index < -0.39 is 4.92 Å². The fourth-order valence-electron chi connectivity index (χ4n) is 4.63. The van der Waals surface area contributed by atoms with Crippen molar-refractivity contribution in [3.05, 3.63) is 52.6 Å². The number of carbonyl (C=O) groups excluding carboxylic acids is 1. The highest BCUT2D eigenvalue weighted by Gasteiger charge is 2.38. The maximum Gasteiger partial charge on any atom is 0.294 e. The van der Waals surface area contributed by atoms with Gasteiger partial charge in [-0.3, -0.25) is 14.9 Å². The highest BCUT2D eigenvalue weighted by molar-refractivity contribution is 5.95. The molecule has 136 valence electrons. The molecule has 7 heteroatoms. The lowest BCUT2D eigenvalue weighted by molar-refractivity contribution is -0.384. The molecular weight excluding hydrogens is 332 g/mol. The number of nitrogens with zero attached hydrogens (tertiary/aromatic N) is 3. The minimum Gasteiger partial charge on any atom is -0.352 e. The quantitative estimate of drug-likeness (QED) is 0.636. The molecule has 0 spiro atoms. The van der Waals surface area contributed by atoms with E-state index in [0.29, 0.717) is 17.8 Å². The Morgan fingerprint density at radius 3 is 2.88 bits per heavy atom. The van der Waals surface area contributed by atoms with Crippen LogP contribution in [0.3, 0.4) is 0 Å². The molecule has 1 amide bonds. The van der Waals surface area contributed by atoms with Crippen molar-refractivity contribution in [3.63, 3.8) is 0 Å². The van der Waals surface area contributed by atoms with Crippen molar-refractivity contribution in [1.82, 2.24) is 14.9 Å². The summed E-state index contributed by atoms with van der Waals surface area (Å²) in [4.78, 5) is 27.2. The van der Waals surface area contributed by atoms with E-state index in [1.807, 2.05) is 0 Å². The SMILES string of the molecule is O=C(NCC[C@@H]1C[C@H]2CC[C@H]1C2)c1ccc(-n2ccnc2)c([N+](=O)[O-])c1. The normalized spacial score (nSPS) is 23.9. The molecule has 0 aliphatic heterocycles. The third-order valence-electron chi connectivity index (χ3n) is 5.90. The number of benzene rings is 1. The molecule has 1 aromatic heterocycles. The van der Waals surface area contributed by atoms with Gasteiger partial charge in [0.25, 0.3) is 11.6 Å². The fourth-order valence-corrected chi connectivity index (χ4v) is 4.63. The first kappa shape index (κ1) is 16.8. The van der Waals surface area contributed by atoms with Crippen molar-refractivity contribution in [2.45, 2.75) is 32.1 Å². The van der Waals surface area contributed by atoms with Gasteiger partial charge in [0.1, 0.15) is 5.69 Å². The van der Waals surface area contributed by atoms with Gasteiger partial charge in [0.15, 0.2) is 0 Å². The molecule has 26 heavy (non-hydrogen) atoms. The topological polar surface area (TPSA) is 90.1 Å². The fraction of sp³-hybridized carbons (Fsp3) is 0.474. The van der Waals surface area contributed by atoms with Crippen LogP contribution < -0.4 is 5.32 Å². The molecular formula is C19H22N4O3. The zero-order chi connectivity index (χ0) is 18.1. The van der Waals surface area contributed by atoms with Crippen LogP contribution >= 0.6 is 0 Å². The molecule has 0 saturated heterocycles. The van der Waals surface area contributed by atoms with Crippen LogP contribution in [0.5, 0.6) is 0 Å². The molecule has 1 heterocycles. The largest absolute Gasteiger partial charge is 0.352 e. The third kappa shape index (κ3) is 3.21. The second-order valence-electron chi connectivity index (χ2n) is 7.41. The summed E-state index contributed by atoms with van der Waals surface area (Å²) in [6.07, 6.45) is 11.1. The minimum atomic E-state index is -0.471. The van der Waals surface area contributed by atoms with E-state index in [1.54, 1.807) is 29.1 Å². The maximum atomic E-state index is 12.4. The van der Waals surface area contributed by atoms with Gasteiger partial charge in [-0.2, -0.15) is 0 Å². The van der Waals surface area contributed by atoms with Crippen molar-refractivity contribution in [1.29, 1.82) is 0 Å². The number of fused-ring (bicyclic) bond motifs is 2. The van der Waals surface area contributed by atoms with Gasteiger partial charge < -0.3 is 9.88 Å². The summed E-state index contributed by atoms with van der Waals surface area (Å²) >= 11 is 0. The number of amides is 1. The number of rotatable bonds is 6. The van der Waals surface area contributed by atoms with Gasteiger partial charge in [-0.05, 0) is 55.6 Å². The zero-order valence-electron chi connectivity index (χ0n) is 14.5. The van der Waals surface area contributed by atoms with Crippen molar-refractivity contribution in [3.8, 4) is 5.69 Å². The number of carbonyl (C=O) groups is 1. The number of nitro benzene ring substituents is 1. The van der Waals surface area contributed by atoms with Crippen LogP contribution in [-0.2, 0) is 0 Å². The van der Waals surface area contributed by atoms with Crippen LogP contribution in [0, 0.1) is 27.9 Å². The van der Waals surface area contributed by atoms with Crippen molar-refractivity contribution in [2.24, 2.45) is 17.8 Å². The molecule has 2 bridgehead atoms. The van der Waals surface area contributed by atoms with E-state index in [4.69, 9.17) is 0 Å². The number of hydrogen-bond donors (Lipinski definition) is 1. The monoisotopic (exact) mass is 354 g/mol. The summed E-state index contributed by atoms with van der Waals surface area (Å²) < 4.78 is 1.56. The van der Waals surface area contributed by atoms with E-state index >= 15 is 0 Å². The molecule has 1 aromatic carbocycles. The van der Waals surface area contributed by atoms with Crippen LogP contribution in [0.15, 0.2) is 36.9 Å². The van der Waals surface area contributed by atoms with Crippen LogP contribution in [-0.4, -0.2) is 26.9 Å². The summed E-state index contributed by atoms with van der Waals surface area (Å²) in [5.74, 6) is 2.21. The van der Waals surface area contributed by atoms with Crippen molar-refractivity contribution < 1.29 is 9.72 Å². The Hall–Kier alpha value is -2.70. The van der Waals surface area contributed by atoms with Gasteiger partial charge in [-0.25, -0.2) is 4.98 Å². The number of nitro groups is 1. The van der Waals surface area contributed by atoms with Gasteiger partial charge in [-0.1, -0.05) is 6.42 Å². The van der Waals surface area contributed by atoms with E-state index in [0.717, 1.165) is 24.2 Å². The predicted octanol–water partition coefficient (Wildman–Crippen LogP) is 3.34. The molecule has 4 rings (SSSR count). The molecule has 3 atom stereocenters. The van der Waals surface area contributed by atoms with Crippen LogP contribution in [0.4, 0.5) is 5.69 Å². The Bertz CT molecular complexity index is 818. The Balaban J connectivity index is 1.41. The van der Waals surface area contributed by atoms with E-state index in [-0.39, 0.29) is 11.6 Å². The van der Waals surface area contributed by atoms with E-state index in [2.05, 4.69) is 10.3 Å². The van der Waals surface area contributed by atoms with Gasteiger partial charge in [0.2, 0.25) is 0 Å². The predicted molar refractivity (Wildman–Crippen MR) is 96.1 cm³/mol. The molecule has 0 radical (unpaired) electrons. The lowest BCUT2D eigenvalue weighted by Gasteiger charge is -2.21. The van der Waals surface area contributed by atoms with E-state index in [9.17, 15) is 14.9 Å². The van der Waals surface area contributed by atoms with Crippen LogP contribution in [0.25, 0.3) is 5.69 Å². The molecule has 2 aliphatic carbocycles. The van der Waals surface area contributed by atoms with Crippen molar-refractivity contribution >= 4 is 11.6 Å². The third-order valence-corrected chi connectivity index (χ3v) is 5.90. The number of aromatic nitrogens is 2. The number of hydrogen-bond acceptors (Lipinski definition) is 4. The lowest BCUT2D eigenvalue weighted by Crippen LogP contribution is -2.27. The van der Waals surface area contributed by atoms with Gasteiger partial charge in [-0.15, -0.1) is 0 Å². The Morgan fingerprint density at radius 2 is 2.23 bits per heavy atom. The molecule has 2 saturated carbocycles. The molecule has 0 unspecified atom stereocenters. The summed E-state index contributed by atoms with van der Waals surface area (Å²) in [7, 11) is 0. The summed E-state index contributed by atoms with van der Waals surface area (Å²) in [6.45, 7) is 0.629. The summed E-state index contributed by atoms with van der Waals surface area (Å²) in [5.41, 5.74) is 0.600. The van der Waals surface area contributed by atoms with Gasteiger partial charge in [0, 0.05) is 30.6 Å². The average Bonchev–Trinajstić information content (AvgIpc) is 3.39. The molecule has 7 nitrogen and oxygen atoms in total. The first-order chi connectivity index (χ1) is 12.6.